The smallest absolute Gasteiger partial charge is 0.343 e. The zero-order valence-corrected chi connectivity index (χ0v) is 15.0. The highest BCUT2D eigenvalue weighted by Crippen LogP contribution is 2.26. The van der Waals surface area contributed by atoms with Crippen LogP contribution < -0.4 is 14.2 Å². The fraction of sp³-hybridized carbons (Fsp3) is 0.0952. The lowest BCUT2D eigenvalue weighted by molar-refractivity contribution is -0.384. The summed E-state index contributed by atoms with van der Waals surface area (Å²) >= 11 is 0. The van der Waals surface area contributed by atoms with E-state index in [1.54, 1.807) is 31.4 Å². The third-order valence-corrected chi connectivity index (χ3v) is 3.91. The first-order valence-corrected chi connectivity index (χ1v) is 8.38. The number of hydrogen-bond acceptors (Lipinski definition) is 6. The summed E-state index contributed by atoms with van der Waals surface area (Å²) in [6, 6.07) is 19.5. The molecule has 0 atom stereocenters. The first kappa shape index (κ1) is 18.9. The summed E-state index contributed by atoms with van der Waals surface area (Å²) in [6.07, 6.45) is 0. The summed E-state index contributed by atoms with van der Waals surface area (Å²) < 4.78 is 16.2. The number of hydrogen-bond donors (Lipinski definition) is 0. The lowest BCUT2D eigenvalue weighted by atomic mass is 10.1. The number of ether oxygens (including phenoxy) is 3. The highest BCUT2D eigenvalue weighted by atomic mass is 16.6. The number of carbonyl (C=O) groups excluding carboxylic acids is 1. The van der Waals surface area contributed by atoms with Crippen LogP contribution in [0, 0.1) is 10.1 Å². The van der Waals surface area contributed by atoms with Crippen LogP contribution in [0.4, 0.5) is 5.69 Å². The van der Waals surface area contributed by atoms with Crippen LogP contribution in [0.25, 0.3) is 0 Å². The van der Waals surface area contributed by atoms with Gasteiger partial charge in [0.2, 0.25) is 0 Å². The molecule has 0 bridgehead atoms. The number of methoxy groups -OCH3 is 1. The van der Waals surface area contributed by atoms with Crippen molar-refractivity contribution in [2.75, 3.05) is 7.11 Å². The van der Waals surface area contributed by atoms with Gasteiger partial charge in [0.15, 0.2) is 11.5 Å². The number of non-ortho nitro benzene ring substituents is 1. The van der Waals surface area contributed by atoms with E-state index in [1.807, 2.05) is 24.3 Å². The van der Waals surface area contributed by atoms with E-state index in [9.17, 15) is 14.9 Å². The lowest BCUT2D eigenvalue weighted by Crippen LogP contribution is -2.08. The molecular formula is C21H17NO6. The van der Waals surface area contributed by atoms with Gasteiger partial charge in [0.1, 0.15) is 12.4 Å². The van der Waals surface area contributed by atoms with Crippen LogP contribution in [0.3, 0.4) is 0 Å². The third-order valence-electron chi connectivity index (χ3n) is 3.91. The molecule has 0 aliphatic rings. The zero-order valence-electron chi connectivity index (χ0n) is 15.0. The average molecular weight is 379 g/mol. The first-order chi connectivity index (χ1) is 13.6. The molecule has 0 spiro atoms. The van der Waals surface area contributed by atoms with E-state index in [0.29, 0.717) is 23.7 Å². The molecular weight excluding hydrogens is 362 g/mol. The van der Waals surface area contributed by atoms with Gasteiger partial charge in [-0.3, -0.25) is 10.1 Å². The Labute approximate surface area is 161 Å². The van der Waals surface area contributed by atoms with E-state index in [1.165, 1.54) is 24.3 Å². The maximum Gasteiger partial charge on any atom is 0.343 e. The third kappa shape index (κ3) is 4.64. The summed E-state index contributed by atoms with van der Waals surface area (Å²) in [4.78, 5) is 22.3. The molecule has 3 aromatic rings. The van der Waals surface area contributed by atoms with Crippen LogP contribution in [0.5, 0.6) is 17.2 Å². The molecule has 0 aliphatic carbocycles. The van der Waals surface area contributed by atoms with Gasteiger partial charge in [0.05, 0.1) is 17.6 Å². The molecule has 142 valence electrons. The van der Waals surface area contributed by atoms with Crippen molar-refractivity contribution in [2.24, 2.45) is 0 Å². The molecule has 0 fully saturated rings. The number of para-hydroxylation sites is 2. The number of esters is 1. The van der Waals surface area contributed by atoms with E-state index >= 15 is 0 Å². The normalized spacial score (nSPS) is 10.2. The highest BCUT2D eigenvalue weighted by Gasteiger charge is 2.11. The van der Waals surface area contributed by atoms with Crippen molar-refractivity contribution in [3.8, 4) is 17.2 Å². The van der Waals surface area contributed by atoms with Crippen LogP contribution in [0.1, 0.15) is 15.9 Å². The van der Waals surface area contributed by atoms with Gasteiger partial charge in [-0.05, 0) is 42.0 Å². The Morgan fingerprint density at radius 1 is 0.929 bits per heavy atom. The number of benzene rings is 3. The fourth-order valence-corrected chi connectivity index (χ4v) is 2.44. The molecule has 0 heterocycles. The van der Waals surface area contributed by atoms with E-state index in [4.69, 9.17) is 14.2 Å². The summed E-state index contributed by atoms with van der Waals surface area (Å²) in [7, 11) is 1.58. The Morgan fingerprint density at radius 3 is 2.18 bits per heavy atom. The van der Waals surface area contributed by atoms with Gasteiger partial charge in [0.25, 0.3) is 5.69 Å². The largest absolute Gasteiger partial charge is 0.493 e. The van der Waals surface area contributed by atoms with Crippen molar-refractivity contribution in [3.05, 3.63) is 94.0 Å². The SMILES string of the molecule is COc1ccccc1OCc1ccc(C(=O)Oc2ccc([N+](=O)[O-])cc2)cc1. The predicted octanol–water partition coefficient (Wildman–Crippen LogP) is 4.40. The van der Waals surface area contributed by atoms with Crippen LogP contribution in [0.15, 0.2) is 72.8 Å². The van der Waals surface area contributed by atoms with Crippen molar-refractivity contribution in [3.63, 3.8) is 0 Å². The monoisotopic (exact) mass is 379 g/mol. The van der Waals surface area contributed by atoms with Gasteiger partial charge < -0.3 is 14.2 Å². The summed E-state index contributed by atoms with van der Waals surface area (Å²) in [5.74, 6) is 0.961. The Kier molecular flexibility index (Phi) is 5.86. The van der Waals surface area contributed by atoms with Crippen LogP contribution in [0.2, 0.25) is 0 Å². The minimum atomic E-state index is -0.550. The number of nitrogens with zero attached hydrogens (tertiary/aromatic N) is 1. The van der Waals surface area contributed by atoms with E-state index in [0.717, 1.165) is 5.56 Å². The molecule has 7 nitrogen and oxygen atoms in total. The molecule has 0 saturated carbocycles. The van der Waals surface area contributed by atoms with Crippen molar-refractivity contribution in [1.29, 1.82) is 0 Å². The Hall–Kier alpha value is -3.87. The lowest BCUT2D eigenvalue weighted by Gasteiger charge is -2.10. The molecule has 0 aliphatic heterocycles. The maximum atomic E-state index is 12.2. The average Bonchev–Trinajstić information content (AvgIpc) is 2.73. The molecule has 0 unspecified atom stereocenters. The molecule has 3 aromatic carbocycles. The Morgan fingerprint density at radius 2 is 1.57 bits per heavy atom. The van der Waals surface area contributed by atoms with Crippen molar-refractivity contribution in [2.45, 2.75) is 6.61 Å². The van der Waals surface area contributed by atoms with Gasteiger partial charge >= 0.3 is 5.97 Å². The quantitative estimate of drug-likeness (QED) is 0.262. The molecule has 0 radical (unpaired) electrons. The van der Waals surface area contributed by atoms with Gasteiger partial charge in [-0.15, -0.1) is 0 Å². The summed E-state index contributed by atoms with van der Waals surface area (Å²) in [5, 5.41) is 10.6. The maximum absolute atomic E-state index is 12.2. The second kappa shape index (κ2) is 8.68. The van der Waals surface area contributed by atoms with E-state index < -0.39 is 10.9 Å². The minimum absolute atomic E-state index is 0.0702. The molecule has 7 heteroatoms. The van der Waals surface area contributed by atoms with Crippen LogP contribution in [-0.4, -0.2) is 18.0 Å². The molecule has 0 amide bonds. The number of carbonyl (C=O) groups is 1. The van der Waals surface area contributed by atoms with Crippen LogP contribution in [-0.2, 0) is 6.61 Å². The second-order valence-corrected chi connectivity index (χ2v) is 5.78. The second-order valence-electron chi connectivity index (χ2n) is 5.78. The Balaban J connectivity index is 1.60. The first-order valence-electron chi connectivity index (χ1n) is 8.38. The van der Waals surface area contributed by atoms with Gasteiger partial charge in [-0.1, -0.05) is 24.3 Å². The molecule has 28 heavy (non-hydrogen) atoms. The van der Waals surface area contributed by atoms with E-state index in [2.05, 4.69) is 0 Å². The van der Waals surface area contributed by atoms with Gasteiger partial charge in [0, 0.05) is 12.1 Å². The predicted molar refractivity (Wildman–Crippen MR) is 102 cm³/mol. The number of nitro benzene ring substituents is 1. The molecule has 0 saturated heterocycles. The number of nitro groups is 1. The highest BCUT2D eigenvalue weighted by molar-refractivity contribution is 5.91. The molecule has 3 rings (SSSR count). The Bertz CT molecular complexity index is 967. The summed E-state index contributed by atoms with van der Waals surface area (Å²) in [6.45, 7) is 0.318. The fourth-order valence-electron chi connectivity index (χ4n) is 2.44. The van der Waals surface area contributed by atoms with Crippen molar-refractivity contribution < 1.29 is 23.9 Å². The zero-order chi connectivity index (χ0) is 19.9. The van der Waals surface area contributed by atoms with E-state index in [-0.39, 0.29) is 11.4 Å². The van der Waals surface area contributed by atoms with Crippen molar-refractivity contribution in [1.82, 2.24) is 0 Å². The number of rotatable bonds is 7. The van der Waals surface area contributed by atoms with Gasteiger partial charge in [-0.25, -0.2) is 4.79 Å². The standard InChI is InChI=1S/C21H17NO6/c1-26-19-4-2-3-5-20(19)27-14-15-6-8-16(9-7-15)21(23)28-18-12-10-17(11-13-18)22(24)25/h2-13H,14H2,1H3. The molecule has 0 aromatic heterocycles. The molecule has 0 N–H and O–H groups in total. The summed E-state index contributed by atoms with van der Waals surface area (Å²) in [5.41, 5.74) is 1.16. The topological polar surface area (TPSA) is 87.9 Å². The van der Waals surface area contributed by atoms with Crippen LogP contribution >= 0.6 is 0 Å². The van der Waals surface area contributed by atoms with Crippen molar-refractivity contribution >= 4 is 11.7 Å². The van der Waals surface area contributed by atoms with Gasteiger partial charge in [-0.2, -0.15) is 0 Å². The minimum Gasteiger partial charge on any atom is -0.493 e.